The molecule has 0 fully saturated rings. The summed E-state index contributed by atoms with van der Waals surface area (Å²) >= 11 is 3.36. The van der Waals surface area contributed by atoms with Crippen molar-refractivity contribution in [1.29, 1.82) is 0 Å². The summed E-state index contributed by atoms with van der Waals surface area (Å²) in [6.07, 6.45) is 0. The third-order valence-electron chi connectivity index (χ3n) is 3.10. The minimum atomic E-state index is -0.772. The number of carbonyl (C=O) groups excluding carboxylic acids is 3. The predicted molar refractivity (Wildman–Crippen MR) is 71.4 cm³/mol. The number of rotatable bonds is 1. The Hall–Kier alpha value is -2.01. The molecule has 0 unspecified atom stereocenters. The zero-order valence-corrected chi connectivity index (χ0v) is 11.4. The van der Waals surface area contributed by atoms with E-state index in [0.717, 1.165) is 0 Å². The number of hydrogen-bond acceptors (Lipinski definition) is 4. The van der Waals surface area contributed by atoms with E-state index in [2.05, 4.69) is 20.7 Å². The average molecular weight is 319 g/mol. The Morgan fingerprint density at radius 2 is 1.95 bits per heavy atom. The van der Waals surface area contributed by atoms with Gasteiger partial charge in [-0.1, -0.05) is 28.1 Å². The summed E-state index contributed by atoms with van der Waals surface area (Å²) < 4.78 is 5.36. The highest BCUT2D eigenvalue weighted by Crippen LogP contribution is 2.35. The second kappa shape index (κ2) is 3.99. The molecule has 0 aliphatic carbocycles. The van der Waals surface area contributed by atoms with Crippen LogP contribution >= 0.6 is 15.9 Å². The van der Waals surface area contributed by atoms with Crippen LogP contribution in [0.15, 0.2) is 28.7 Å². The van der Waals surface area contributed by atoms with E-state index in [-0.39, 0.29) is 16.9 Å². The summed E-state index contributed by atoms with van der Waals surface area (Å²) in [6, 6.07) is 6.65. The molecule has 0 saturated heterocycles. The molecule has 3 rings (SSSR count). The first-order valence-electron chi connectivity index (χ1n) is 5.53. The maximum absolute atomic E-state index is 11.9. The van der Waals surface area contributed by atoms with Gasteiger partial charge in [0.1, 0.15) is 0 Å². The molecule has 1 heterocycles. The quantitative estimate of drug-likeness (QED) is 0.460. The summed E-state index contributed by atoms with van der Waals surface area (Å²) in [4.78, 5) is 35.3. The van der Waals surface area contributed by atoms with Gasteiger partial charge in [0, 0.05) is 15.4 Å². The van der Waals surface area contributed by atoms with E-state index in [1.807, 2.05) is 0 Å². The molecule has 4 nitrogen and oxygen atoms in total. The fourth-order valence-electron chi connectivity index (χ4n) is 2.28. The monoisotopic (exact) mass is 318 g/mol. The first-order valence-corrected chi connectivity index (χ1v) is 6.32. The first-order chi connectivity index (χ1) is 9.00. The lowest BCUT2D eigenvalue weighted by Crippen LogP contribution is -2.22. The fraction of sp³-hybridized carbons (Fsp3) is 0.0714. The fourth-order valence-corrected chi connectivity index (χ4v) is 2.84. The maximum atomic E-state index is 11.9. The third kappa shape index (κ3) is 1.62. The molecule has 0 saturated carbocycles. The second-order valence-corrected chi connectivity index (χ2v) is 5.10. The van der Waals surface area contributed by atoms with E-state index in [9.17, 15) is 14.4 Å². The Morgan fingerprint density at radius 3 is 2.63 bits per heavy atom. The Balaban J connectivity index is 2.60. The lowest BCUT2D eigenvalue weighted by atomic mass is 9.92. The number of ether oxygens (including phenoxy) is 1. The number of carbonyl (C=O) groups is 3. The van der Waals surface area contributed by atoms with Gasteiger partial charge in [0.25, 0.3) is 0 Å². The van der Waals surface area contributed by atoms with Crippen molar-refractivity contribution >= 4 is 44.4 Å². The lowest BCUT2D eigenvalue weighted by Gasteiger charge is -2.18. The summed E-state index contributed by atoms with van der Waals surface area (Å²) in [5, 5.41) is 1.19. The van der Waals surface area contributed by atoms with E-state index in [4.69, 9.17) is 0 Å². The van der Waals surface area contributed by atoms with E-state index in [0.29, 0.717) is 20.8 Å². The van der Waals surface area contributed by atoms with Crippen LogP contribution in [0.5, 0.6) is 0 Å². The molecule has 5 heteroatoms. The molecule has 0 radical (unpaired) electrons. The van der Waals surface area contributed by atoms with Crippen LogP contribution in [0.3, 0.4) is 0 Å². The second-order valence-electron chi connectivity index (χ2n) is 4.24. The van der Waals surface area contributed by atoms with Crippen LogP contribution in [-0.2, 0) is 4.74 Å². The number of cyclic esters (lactones) is 2. The van der Waals surface area contributed by atoms with Crippen molar-refractivity contribution in [2.45, 2.75) is 6.92 Å². The van der Waals surface area contributed by atoms with Crippen molar-refractivity contribution in [3.05, 3.63) is 45.4 Å². The minimum absolute atomic E-state index is 0.168. The number of hydrogen-bond donors (Lipinski definition) is 0. The smallest absolute Gasteiger partial charge is 0.347 e. The molecule has 19 heavy (non-hydrogen) atoms. The van der Waals surface area contributed by atoms with Gasteiger partial charge in [-0.05, 0) is 24.4 Å². The summed E-state index contributed by atoms with van der Waals surface area (Å²) in [6.45, 7) is 1.37. The topological polar surface area (TPSA) is 60.4 Å². The lowest BCUT2D eigenvalue weighted by molar-refractivity contribution is 0.0389. The predicted octanol–water partition coefficient (Wildman–Crippen LogP) is 3.12. The van der Waals surface area contributed by atoms with Gasteiger partial charge in [-0.3, -0.25) is 4.79 Å². The number of halogens is 1. The van der Waals surface area contributed by atoms with Crippen molar-refractivity contribution in [3.8, 4) is 0 Å². The van der Waals surface area contributed by atoms with Gasteiger partial charge < -0.3 is 4.74 Å². The average Bonchev–Trinajstić information content (AvgIpc) is 2.36. The minimum Gasteiger partial charge on any atom is -0.386 e. The van der Waals surface area contributed by atoms with Crippen molar-refractivity contribution in [2.24, 2.45) is 0 Å². The standard InChI is InChI=1S/C14H7BrO4/c1-6(16)9-5-10(15)7-3-2-4-8-11(7)12(9)14(18)19-13(8)17/h2-5H,1H3. The van der Waals surface area contributed by atoms with E-state index < -0.39 is 11.9 Å². The number of benzene rings is 2. The highest BCUT2D eigenvalue weighted by Gasteiger charge is 2.31. The summed E-state index contributed by atoms with van der Waals surface area (Å²) in [7, 11) is 0. The van der Waals surface area contributed by atoms with E-state index >= 15 is 0 Å². The zero-order valence-electron chi connectivity index (χ0n) is 9.82. The third-order valence-corrected chi connectivity index (χ3v) is 3.76. The molecule has 0 atom stereocenters. The van der Waals surface area contributed by atoms with Gasteiger partial charge >= 0.3 is 11.9 Å². The molecule has 1 aliphatic heterocycles. The van der Waals surface area contributed by atoms with Crippen molar-refractivity contribution < 1.29 is 19.1 Å². The van der Waals surface area contributed by atoms with Crippen LogP contribution in [-0.4, -0.2) is 17.7 Å². The van der Waals surface area contributed by atoms with Gasteiger partial charge in [0.2, 0.25) is 0 Å². The van der Waals surface area contributed by atoms with Crippen molar-refractivity contribution in [3.63, 3.8) is 0 Å². The molecule has 0 spiro atoms. The molecule has 2 aromatic rings. The first kappa shape index (κ1) is 12.0. The van der Waals surface area contributed by atoms with Crippen LogP contribution in [0, 0.1) is 0 Å². The number of Topliss-reactive ketones (excluding diaryl/α,β-unsaturated/α-hetero) is 1. The molecule has 94 valence electrons. The Morgan fingerprint density at radius 1 is 1.21 bits per heavy atom. The Labute approximate surface area is 116 Å². The van der Waals surface area contributed by atoms with E-state index in [1.54, 1.807) is 24.3 Å². The normalized spacial score (nSPS) is 13.6. The van der Waals surface area contributed by atoms with Gasteiger partial charge in [-0.2, -0.15) is 0 Å². The molecule has 0 amide bonds. The number of ketones is 1. The van der Waals surface area contributed by atoms with Crippen molar-refractivity contribution in [1.82, 2.24) is 0 Å². The van der Waals surface area contributed by atoms with Crippen LogP contribution in [0.1, 0.15) is 38.0 Å². The highest BCUT2D eigenvalue weighted by atomic mass is 79.9. The maximum Gasteiger partial charge on any atom is 0.347 e. The molecule has 2 aromatic carbocycles. The number of esters is 2. The molecule has 0 aromatic heterocycles. The molecule has 0 N–H and O–H groups in total. The largest absolute Gasteiger partial charge is 0.386 e. The van der Waals surface area contributed by atoms with Gasteiger partial charge in [0.15, 0.2) is 5.78 Å². The van der Waals surface area contributed by atoms with Crippen LogP contribution in [0.2, 0.25) is 0 Å². The van der Waals surface area contributed by atoms with Crippen LogP contribution in [0.25, 0.3) is 10.8 Å². The molecular formula is C14H7BrO4. The van der Waals surface area contributed by atoms with Crippen LogP contribution in [0.4, 0.5) is 0 Å². The molecular weight excluding hydrogens is 312 g/mol. The summed E-state index contributed by atoms with van der Waals surface area (Å²) in [5.41, 5.74) is 0.723. The van der Waals surface area contributed by atoms with Gasteiger partial charge in [0.05, 0.1) is 11.1 Å². The zero-order chi connectivity index (χ0) is 13.7. The molecule has 1 aliphatic rings. The Kier molecular flexibility index (Phi) is 2.53. The van der Waals surface area contributed by atoms with Crippen LogP contribution < -0.4 is 0 Å². The SMILES string of the molecule is CC(=O)c1cc(Br)c2cccc3c2c1C(=O)OC3=O. The van der Waals surface area contributed by atoms with Gasteiger partial charge in [-0.15, -0.1) is 0 Å². The van der Waals surface area contributed by atoms with Gasteiger partial charge in [-0.25, -0.2) is 9.59 Å². The highest BCUT2D eigenvalue weighted by molar-refractivity contribution is 9.10. The Bertz CT molecular complexity index is 777. The van der Waals surface area contributed by atoms with E-state index in [1.165, 1.54) is 6.92 Å². The molecule has 0 bridgehead atoms. The summed E-state index contributed by atoms with van der Waals surface area (Å²) in [5.74, 6) is -1.71. The van der Waals surface area contributed by atoms with Crippen molar-refractivity contribution in [2.75, 3.05) is 0 Å².